The summed E-state index contributed by atoms with van der Waals surface area (Å²) in [7, 11) is 0. The van der Waals surface area contributed by atoms with Crippen LogP contribution in [0.3, 0.4) is 0 Å². The molecule has 0 bridgehead atoms. The van der Waals surface area contributed by atoms with Crippen LogP contribution in [0.1, 0.15) is 31.9 Å². The van der Waals surface area contributed by atoms with Crippen LogP contribution in [0, 0.1) is 24.5 Å². The molecule has 0 unspecified atom stereocenters. The van der Waals surface area contributed by atoms with Crippen LogP contribution < -0.4 is 0 Å². The van der Waals surface area contributed by atoms with E-state index in [1.54, 1.807) is 6.20 Å². The van der Waals surface area contributed by atoms with Gasteiger partial charge in [0, 0.05) is 11.9 Å². The number of hydrogen-bond acceptors (Lipinski definition) is 1. The molecule has 0 saturated carbocycles. The zero-order valence-electron chi connectivity index (χ0n) is 17.9. The number of rotatable bonds is 2. The third-order valence-electron chi connectivity index (χ3n) is 4.63. The van der Waals surface area contributed by atoms with E-state index < -0.39 is 0 Å². The summed E-state index contributed by atoms with van der Waals surface area (Å²) in [6.45, 7) is 6.53. The van der Waals surface area contributed by atoms with Gasteiger partial charge in [0.1, 0.15) is 0 Å². The first-order valence-electron chi connectivity index (χ1n) is 9.91. The zero-order chi connectivity index (χ0) is 21.4. The first-order valence-corrected chi connectivity index (χ1v) is 9.91. The molecule has 1 nitrogen and oxygen atoms in total. The SMILES string of the molecule is [C-]#Cc1ccc(C(C)(C)C)cc1.[Ni+3].[c-]1ccccc1-c1[c-]c(-c2ccccn2)ccc1. The van der Waals surface area contributed by atoms with E-state index >= 15 is 0 Å². The monoisotopic (exact) mass is 444 g/mol. The first-order chi connectivity index (χ1) is 14.5. The second kappa shape index (κ2) is 11.3. The van der Waals surface area contributed by atoms with Gasteiger partial charge >= 0.3 is 16.5 Å². The molecule has 0 saturated heterocycles. The number of pyridine rings is 1. The van der Waals surface area contributed by atoms with Gasteiger partial charge in [-0.15, -0.1) is 41.5 Å². The third kappa shape index (κ3) is 6.96. The molecular weight excluding hydrogens is 421 g/mol. The van der Waals surface area contributed by atoms with E-state index in [4.69, 9.17) is 6.42 Å². The van der Waals surface area contributed by atoms with Crippen LogP contribution in [-0.2, 0) is 21.9 Å². The summed E-state index contributed by atoms with van der Waals surface area (Å²) in [5, 5.41) is 0. The summed E-state index contributed by atoms with van der Waals surface area (Å²) >= 11 is 0. The van der Waals surface area contributed by atoms with Gasteiger partial charge in [-0.25, -0.2) is 5.56 Å². The van der Waals surface area contributed by atoms with Crippen molar-refractivity contribution < 1.29 is 16.5 Å². The van der Waals surface area contributed by atoms with Crippen molar-refractivity contribution in [2.24, 2.45) is 0 Å². The number of hydrogen-bond donors (Lipinski definition) is 0. The van der Waals surface area contributed by atoms with Gasteiger partial charge in [-0.3, -0.25) is 10.9 Å². The Hall–Kier alpha value is -3.14. The third-order valence-corrected chi connectivity index (χ3v) is 4.63. The van der Waals surface area contributed by atoms with Crippen LogP contribution in [0.2, 0.25) is 0 Å². The minimum absolute atomic E-state index is 0. The molecule has 4 rings (SSSR count). The molecule has 0 fully saturated rings. The Bertz CT molecular complexity index is 1050. The molecule has 0 spiro atoms. The predicted octanol–water partition coefficient (Wildman–Crippen LogP) is 6.94. The first kappa shape index (κ1) is 24.1. The Morgan fingerprint density at radius 3 is 2.03 bits per heavy atom. The summed E-state index contributed by atoms with van der Waals surface area (Å²) in [6.07, 6.45) is 8.72. The van der Waals surface area contributed by atoms with Gasteiger partial charge < -0.3 is 6.42 Å². The Morgan fingerprint density at radius 1 is 0.774 bits per heavy atom. The van der Waals surface area contributed by atoms with E-state index in [0.29, 0.717) is 0 Å². The van der Waals surface area contributed by atoms with Crippen LogP contribution in [0.15, 0.2) is 91.1 Å². The maximum atomic E-state index is 6.92. The topological polar surface area (TPSA) is 12.9 Å². The van der Waals surface area contributed by atoms with Gasteiger partial charge in [0.15, 0.2) is 0 Å². The molecular formula is C29H24NNi. The van der Waals surface area contributed by atoms with Crippen molar-refractivity contribution in [3.05, 3.63) is 121 Å². The van der Waals surface area contributed by atoms with Gasteiger partial charge in [0.25, 0.3) is 0 Å². The fourth-order valence-electron chi connectivity index (χ4n) is 2.91. The van der Waals surface area contributed by atoms with Crippen LogP contribution in [0.5, 0.6) is 0 Å². The molecule has 0 aliphatic heterocycles. The predicted molar refractivity (Wildman–Crippen MR) is 124 cm³/mol. The van der Waals surface area contributed by atoms with Crippen molar-refractivity contribution in [3.8, 4) is 28.3 Å². The maximum Gasteiger partial charge on any atom is 3.00 e. The minimum atomic E-state index is 0. The molecule has 4 aromatic rings. The second-order valence-electron chi connectivity index (χ2n) is 7.92. The number of nitrogens with zero attached hydrogens (tertiary/aromatic N) is 1. The molecule has 0 atom stereocenters. The zero-order valence-corrected chi connectivity index (χ0v) is 18.9. The molecule has 0 aliphatic carbocycles. The Labute approximate surface area is 196 Å². The van der Waals surface area contributed by atoms with Crippen LogP contribution in [0.25, 0.3) is 22.4 Å². The van der Waals surface area contributed by atoms with Crippen molar-refractivity contribution >= 4 is 0 Å². The average Bonchev–Trinajstić information content (AvgIpc) is 2.80. The number of aromatic nitrogens is 1. The maximum absolute atomic E-state index is 6.92. The van der Waals surface area contributed by atoms with Crippen LogP contribution in [-0.4, -0.2) is 4.98 Å². The Kier molecular flexibility index (Phi) is 8.80. The average molecular weight is 445 g/mol. The van der Waals surface area contributed by atoms with Crippen molar-refractivity contribution in [2.45, 2.75) is 26.2 Å². The largest absolute Gasteiger partial charge is 3.00 e. The fraction of sp³-hybridized carbons (Fsp3) is 0.138. The minimum Gasteiger partial charge on any atom is -0.366 e. The van der Waals surface area contributed by atoms with Gasteiger partial charge in [-0.2, -0.15) is 42.0 Å². The summed E-state index contributed by atoms with van der Waals surface area (Å²) in [6, 6.07) is 34.4. The molecule has 3 aromatic carbocycles. The molecule has 155 valence electrons. The van der Waals surface area contributed by atoms with Gasteiger partial charge in [0.05, 0.1) is 0 Å². The van der Waals surface area contributed by atoms with E-state index in [1.807, 2.05) is 72.8 Å². The standard InChI is InChI=1S/C17H11N.C12H13.Ni/c1-2-7-14(8-3-1)15-9-6-10-16(13-15)17-11-4-5-12-18-17;1-5-10-6-8-11(9-7-10)12(2,3)4;/h1-7,9-12H;6-9H,2-4H3;/q-2;-1;+3. The molecule has 1 radical (unpaired) electrons. The van der Waals surface area contributed by atoms with E-state index in [2.05, 4.69) is 55.9 Å². The molecule has 0 N–H and O–H groups in total. The molecule has 31 heavy (non-hydrogen) atoms. The molecule has 1 heterocycles. The van der Waals surface area contributed by atoms with E-state index in [0.717, 1.165) is 27.9 Å². The van der Waals surface area contributed by atoms with Gasteiger partial charge in [0.2, 0.25) is 0 Å². The van der Waals surface area contributed by atoms with Crippen molar-refractivity contribution in [2.75, 3.05) is 0 Å². The molecule has 0 aliphatic rings. The van der Waals surface area contributed by atoms with Crippen molar-refractivity contribution in [1.29, 1.82) is 0 Å². The van der Waals surface area contributed by atoms with E-state index in [-0.39, 0.29) is 21.9 Å². The van der Waals surface area contributed by atoms with Crippen molar-refractivity contribution in [1.82, 2.24) is 4.98 Å². The Morgan fingerprint density at radius 2 is 1.45 bits per heavy atom. The molecule has 2 heteroatoms. The van der Waals surface area contributed by atoms with Gasteiger partial charge in [-0.05, 0) is 17.0 Å². The van der Waals surface area contributed by atoms with E-state index in [1.165, 1.54) is 5.56 Å². The van der Waals surface area contributed by atoms with Crippen LogP contribution >= 0.6 is 0 Å². The van der Waals surface area contributed by atoms with Crippen LogP contribution in [0.4, 0.5) is 0 Å². The molecule has 1 aromatic heterocycles. The summed E-state index contributed by atoms with van der Waals surface area (Å²) in [5.74, 6) is 2.36. The van der Waals surface area contributed by atoms with E-state index in [9.17, 15) is 0 Å². The smallest absolute Gasteiger partial charge is 0.366 e. The van der Waals surface area contributed by atoms with Gasteiger partial charge in [-0.1, -0.05) is 45.0 Å². The van der Waals surface area contributed by atoms with Crippen molar-refractivity contribution in [3.63, 3.8) is 0 Å². The molecule has 0 amide bonds. The second-order valence-corrected chi connectivity index (χ2v) is 7.92. The normalized spacial score (nSPS) is 10.1. The summed E-state index contributed by atoms with van der Waals surface area (Å²) in [5.41, 5.74) is 6.36. The number of benzene rings is 3. The quantitative estimate of drug-likeness (QED) is 0.185. The Balaban J connectivity index is 0.000000231. The summed E-state index contributed by atoms with van der Waals surface area (Å²) < 4.78 is 0. The fourth-order valence-corrected chi connectivity index (χ4v) is 2.91. The summed E-state index contributed by atoms with van der Waals surface area (Å²) in [4.78, 5) is 4.34.